The SMILES string of the molecule is CCc1ccc(NC(=O)COC(=O)C2=NN([C@H]3CCS(=O)(=O)C3)C(=O)CC2)cc1. The Morgan fingerprint density at radius 3 is 2.59 bits per heavy atom. The van der Waals surface area contributed by atoms with Crippen molar-refractivity contribution in [2.45, 2.75) is 38.6 Å². The Labute approximate surface area is 169 Å². The van der Waals surface area contributed by atoms with Crippen LogP contribution >= 0.6 is 0 Å². The number of ether oxygens (including phenoxy) is 1. The van der Waals surface area contributed by atoms with Crippen molar-refractivity contribution in [3.8, 4) is 0 Å². The highest BCUT2D eigenvalue weighted by Crippen LogP contribution is 2.22. The van der Waals surface area contributed by atoms with Gasteiger partial charge in [0.2, 0.25) is 5.91 Å². The van der Waals surface area contributed by atoms with E-state index in [1.807, 2.05) is 19.1 Å². The fourth-order valence-electron chi connectivity index (χ4n) is 3.21. The summed E-state index contributed by atoms with van der Waals surface area (Å²) in [6.45, 7) is 1.54. The number of benzene rings is 1. The van der Waals surface area contributed by atoms with E-state index in [1.165, 1.54) is 0 Å². The molecule has 10 heteroatoms. The van der Waals surface area contributed by atoms with Crippen molar-refractivity contribution in [2.75, 3.05) is 23.4 Å². The fourth-order valence-corrected chi connectivity index (χ4v) is 4.90. The zero-order valence-corrected chi connectivity index (χ0v) is 16.9. The zero-order valence-electron chi connectivity index (χ0n) is 16.1. The molecule has 0 spiro atoms. The smallest absolute Gasteiger partial charge is 0.355 e. The Morgan fingerprint density at radius 1 is 1.24 bits per heavy atom. The summed E-state index contributed by atoms with van der Waals surface area (Å²) < 4.78 is 28.3. The van der Waals surface area contributed by atoms with E-state index >= 15 is 0 Å². The Balaban J connectivity index is 1.55. The van der Waals surface area contributed by atoms with Crippen LogP contribution in [-0.4, -0.2) is 61.1 Å². The molecule has 0 saturated carbocycles. The summed E-state index contributed by atoms with van der Waals surface area (Å²) in [4.78, 5) is 36.3. The van der Waals surface area contributed by atoms with Crippen LogP contribution in [0.15, 0.2) is 29.4 Å². The summed E-state index contributed by atoms with van der Waals surface area (Å²) in [5.41, 5.74) is 1.74. The number of hydrogen-bond acceptors (Lipinski definition) is 7. The number of aryl methyl sites for hydroxylation is 1. The predicted octanol–water partition coefficient (Wildman–Crippen LogP) is 0.896. The molecule has 0 radical (unpaired) electrons. The minimum atomic E-state index is -3.19. The molecule has 9 nitrogen and oxygen atoms in total. The molecular formula is C19H23N3O6S. The second-order valence-corrected chi connectivity index (χ2v) is 9.25. The molecule has 2 heterocycles. The summed E-state index contributed by atoms with van der Waals surface area (Å²) in [7, 11) is -3.19. The number of nitrogens with zero attached hydrogens (tertiary/aromatic N) is 2. The summed E-state index contributed by atoms with van der Waals surface area (Å²) in [6.07, 6.45) is 1.31. The quantitative estimate of drug-likeness (QED) is 0.681. The Morgan fingerprint density at radius 2 is 1.97 bits per heavy atom. The number of carbonyl (C=O) groups excluding carboxylic acids is 3. The third-order valence-electron chi connectivity index (χ3n) is 4.83. The summed E-state index contributed by atoms with van der Waals surface area (Å²) in [5, 5.41) is 7.74. The van der Waals surface area contributed by atoms with Gasteiger partial charge in [0.1, 0.15) is 5.71 Å². The number of nitrogens with one attached hydrogen (secondary N) is 1. The first-order valence-corrected chi connectivity index (χ1v) is 11.3. The van der Waals surface area contributed by atoms with Crippen LogP contribution in [0.5, 0.6) is 0 Å². The normalized spacial score (nSPS) is 20.9. The molecule has 29 heavy (non-hydrogen) atoms. The van der Waals surface area contributed by atoms with Gasteiger partial charge in [-0.2, -0.15) is 5.10 Å². The van der Waals surface area contributed by atoms with Crippen molar-refractivity contribution in [1.29, 1.82) is 0 Å². The van der Waals surface area contributed by atoms with E-state index in [-0.39, 0.29) is 36.0 Å². The van der Waals surface area contributed by atoms with Crippen LogP contribution in [-0.2, 0) is 35.4 Å². The molecule has 1 atom stereocenters. The average molecular weight is 421 g/mol. The molecule has 1 aromatic carbocycles. The third kappa shape index (κ3) is 5.41. The minimum Gasteiger partial charge on any atom is -0.451 e. The maximum absolute atomic E-state index is 12.2. The zero-order chi connectivity index (χ0) is 21.0. The Hall–Kier alpha value is -2.75. The first kappa shape index (κ1) is 21.0. The highest BCUT2D eigenvalue weighted by molar-refractivity contribution is 7.91. The first-order valence-electron chi connectivity index (χ1n) is 9.43. The summed E-state index contributed by atoms with van der Waals surface area (Å²) >= 11 is 0. The lowest BCUT2D eigenvalue weighted by atomic mass is 10.1. The lowest BCUT2D eigenvalue weighted by molar-refractivity contribution is -0.141. The molecule has 2 aliphatic heterocycles. The van der Waals surface area contributed by atoms with Crippen molar-refractivity contribution >= 4 is 39.0 Å². The number of sulfone groups is 1. The molecule has 0 aliphatic carbocycles. The van der Waals surface area contributed by atoms with E-state index in [0.717, 1.165) is 17.0 Å². The molecule has 0 aromatic heterocycles. The van der Waals surface area contributed by atoms with Crippen molar-refractivity contribution in [2.24, 2.45) is 5.10 Å². The van der Waals surface area contributed by atoms with Crippen molar-refractivity contribution in [1.82, 2.24) is 5.01 Å². The fraction of sp³-hybridized carbons (Fsp3) is 0.474. The summed E-state index contributed by atoms with van der Waals surface area (Å²) in [6, 6.07) is 6.76. The molecular weight excluding hydrogens is 398 g/mol. The summed E-state index contributed by atoms with van der Waals surface area (Å²) in [5.74, 6) is -1.77. The Bertz CT molecular complexity index is 939. The molecule has 1 saturated heterocycles. The van der Waals surface area contributed by atoms with Crippen LogP contribution < -0.4 is 5.32 Å². The number of anilines is 1. The van der Waals surface area contributed by atoms with Crippen LogP contribution in [0.25, 0.3) is 0 Å². The minimum absolute atomic E-state index is 0.00382. The van der Waals surface area contributed by atoms with Crippen LogP contribution in [0.4, 0.5) is 5.69 Å². The number of hydrogen-bond donors (Lipinski definition) is 1. The van der Waals surface area contributed by atoms with Gasteiger partial charge in [0.05, 0.1) is 17.5 Å². The molecule has 156 valence electrons. The predicted molar refractivity (Wildman–Crippen MR) is 106 cm³/mol. The highest BCUT2D eigenvalue weighted by Gasteiger charge is 2.37. The largest absolute Gasteiger partial charge is 0.451 e. The maximum atomic E-state index is 12.2. The van der Waals surface area contributed by atoms with Crippen LogP contribution in [0, 0.1) is 0 Å². The second-order valence-electron chi connectivity index (χ2n) is 7.02. The molecule has 1 fully saturated rings. The average Bonchev–Trinajstić information content (AvgIpc) is 3.06. The van der Waals surface area contributed by atoms with E-state index in [2.05, 4.69) is 10.4 Å². The maximum Gasteiger partial charge on any atom is 0.355 e. The third-order valence-corrected chi connectivity index (χ3v) is 6.58. The first-order chi connectivity index (χ1) is 13.8. The Kier molecular flexibility index (Phi) is 6.31. The van der Waals surface area contributed by atoms with Crippen LogP contribution in [0.1, 0.15) is 31.7 Å². The van der Waals surface area contributed by atoms with Crippen molar-refractivity contribution in [3.63, 3.8) is 0 Å². The van der Waals surface area contributed by atoms with Gasteiger partial charge < -0.3 is 10.1 Å². The second kappa shape index (κ2) is 8.73. The van der Waals surface area contributed by atoms with Gasteiger partial charge in [-0.05, 0) is 30.5 Å². The standard InChI is InChI=1S/C19H23N3O6S/c1-2-13-3-5-14(6-4-13)20-17(23)11-28-19(25)16-7-8-18(24)22(21-16)15-9-10-29(26,27)12-15/h3-6,15H,2,7-12H2,1H3,(H,20,23)/t15-/m0/s1. The van der Waals surface area contributed by atoms with E-state index in [0.29, 0.717) is 12.1 Å². The lowest BCUT2D eigenvalue weighted by Gasteiger charge is -2.27. The van der Waals surface area contributed by atoms with E-state index in [4.69, 9.17) is 4.74 Å². The van der Waals surface area contributed by atoms with Crippen molar-refractivity contribution < 1.29 is 27.5 Å². The molecule has 3 rings (SSSR count). The molecule has 2 aliphatic rings. The van der Waals surface area contributed by atoms with Gasteiger partial charge in [0, 0.05) is 18.5 Å². The highest BCUT2D eigenvalue weighted by atomic mass is 32.2. The van der Waals surface area contributed by atoms with Gasteiger partial charge in [-0.1, -0.05) is 19.1 Å². The molecule has 2 amide bonds. The molecule has 1 N–H and O–H groups in total. The van der Waals surface area contributed by atoms with Gasteiger partial charge in [0.25, 0.3) is 5.91 Å². The van der Waals surface area contributed by atoms with E-state index < -0.39 is 34.4 Å². The topological polar surface area (TPSA) is 122 Å². The van der Waals surface area contributed by atoms with Gasteiger partial charge in [0.15, 0.2) is 16.4 Å². The number of carbonyl (C=O) groups is 3. The number of hydrazone groups is 1. The van der Waals surface area contributed by atoms with Crippen LogP contribution in [0.3, 0.4) is 0 Å². The molecule has 0 unspecified atom stereocenters. The number of amides is 2. The van der Waals surface area contributed by atoms with Gasteiger partial charge in [-0.3, -0.25) is 9.59 Å². The van der Waals surface area contributed by atoms with Crippen LogP contribution in [0.2, 0.25) is 0 Å². The molecule has 0 bridgehead atoms. The van der Waals surface area contributed by atoms with Gasteiger partial charge >= 0.3 is 5.97 Å². The van der Waals surface area contributed by atoms with Gasteiger partial charge in [-0.25, -0.2) is 18.2 Å². The van der Waals surface area contributed by atoms with E-state index in [1.54, 1.807) is 12.1 Å². The van der Waals surface area contributed by atoms with Gasteiger partial charge in [-0.15, -0.1) is 0 Å². The molecule has 1 aromatic rings. The number of rotatable bonds is 6. The number of esters is 1. The van der Waals surface area contributed by atoms with Crippen molar-refractivity contribution in [3.05, 3.63) is 29.8 Å². The van der Waals surface area contributed by atoms with E-state index in [9.17, 15) is 22.8 Å². The lowest BCUT2D eigenvalue weighted by Crippen LogP contribution is -2.42. The monoisotopic (exact) mass is 421 g/mol.